The third-order valence-electron chi connectivity index (χ3n) is 2.65. The highest BCUT2D eigenvalue weighted by molar-refractivity contribution is 9.10. The van der Waals surface area contributed by atoms with Gasteiger partial charge in [0.1, 0.15) is 16.5 Å². The summed E-state index contributed by atoms with van der Waals surface area (Å²) in [7, 11) is -2.69. The van der Waals surface area contributed by atoms with Crippen LogP contribution in [-0.4, -0.2) is 15.5 Å². The number of anilines is 2. The van der Waals surface area contributed by atoms with Crippen LogP contribution in [0.25, 0.3) is 0 Å². The second-order valence-electron chi connectivity index (χ2n) is 4.14. The van der Waals surface area contributed by atoms with Gasteiger partial charge in [-0.25, -0.2) is 12.8 Å². The van der Waals surface area contributed by atoms with E-state index in [1.807, 2.05) is 0 Å². The van der Waals surface area contributed by atoms with Gasteiger partial charge >= 0.3 is 0 Å². The number of hydrogen-bond donors (Lipinski definition) is 2. The Kier molecular flexibility index (Phi) is 4.38. The summed E-state index contributed by atoms with van der Waals surface area (Å²) in [5.41, 5.74) is 5.69. The first kappa shape index (κ1) is 15.6. The van der Waals surface area contributed by atoms with Crippen LogP contribution >= 0.6 is 15.9 Å². The normalized spacial score (nSPS) is 11.2. The lowest BCUT2D eigenvalue weighted by molar-refractivity contribution is 0.403. The van der Waals surface area contributed by atoms with Crippen molar-refractivity contribution in [2.45, 2.75) is 4.90 Å². The number of rotatable bonds is 4. The van der Waals surface area contributed by atoms with E-state index < -0.39 is 15.8 Å². The summed E-state index contributed by atoms with van der Waals surface area (Å²) >= 11 is 3.10. The van der Waals surface area contributed by atoms with E-state index in [1.165, 1.54) is 37.4 Å². The smallest absolute Gasteiger partial charge is 0.265 e. The van der Waals surface area contributed by atoms with Crippen molar-refractivity contribution in [3.8, 4) is 5.75 Å². The van der Waals surface area contributed by atoms with Crippen molar-refractivity contribution in [2.24, 2.45) is 0 Å². The molecule has 8 heteroatoms. The highest BCUT2D eigenvalue weighted by Crippen LogP contribution is 2.29. The molecule has 2 rings (SSSR count). The number of nitrogen functional groups attached to an aromatic ring is 1. The van der Waals surface area contributed by atoms with Crippen molar-refractivity contribution in [2.75, 3.05) is 17.6 Å². The van der Waals surface area contributed by atoms with Crippen LogP contribution < -0.4 is 15.2 Å². The van der Waals surface area contributed by atoms with E-state index in [2.05, 4.69) is 20.7 Å². The first-order chi connectivity index (χ1) is 9.83. The summed E-state index contributed by atoms with van der Waals surface area (Å²) in [5.74, 6) is -0.579. The van der Waals surface area contributed by atoms with Crippen molar-refractivity contribution in [3.63, 3.8) is 0 Å². The van der Waals surface area contributed by atoms with Gasteiger partial charge in [-0.15, -0.1) is 0 Å². The summed E-state index contributed by atoms with van der Waals surface area (Å²) in [6.07, 6.45) is 0. The van der Waals surface area contributed by atoms with Crippen LogP contribution in [0.3, 0.4) is 0 Å². The van der Waals surface area contributed by atoms with Gasteiger partial charge in [0.2, 0.25) is 0 Å². The molecule has 112 valence electrons. The SMILES string of the molecule is COc1ccc(N)cc1S(=O)(=O)Nc1ccc(Br)cc1F. The van der Waals surface area contributed by atoms with Gasteiger partial charge in [0, 0.05) is 10.2 Å². The fourth-order valence-corrected chi connectivity index (χ4v) is 3.28. The molecule has 0 aromatic heterocycles. The minimum absolute atomic E-state index is 0.120. The van der Waals surface area contributed by atoms with Crippen LogP contribution in [0.5, 0.6) is 5.75 Å². The van der Waals surface area contributed by atoms with Crippen molar-refractivity contribution in [1.29, 1.82) is 0 Å². The van der Waals surface area contributed by atoms with Crippen molar-refractivity contribution < 1.29 is 17.5 Å². The number of hydrogen-bond acceptors (Lipinski definition) is 4. The van der Waals surface area contributed by atoms with Crippen LogP contribution in [0.15, 0.2) is 45.8 Å². The van der Waals surface area contributed by atoms with Crippen molar-refractivity contribution >= 4 is 37.3 Å². The zero-order chi connectivity index (χ0) is 15.6. The van der Waals surface area contributed by atoms with E-state index in [4.69, 9.17) is 10.5 Å². The lowest BCUT2D eigenvalue weighted by atomic mass is 10.3. The molecule has 0 amide bonds. The molecule has 2 aromatic carbocycles. The van der Waals surface area contributed by atoms with Crippen LogP contribution in [0.1, 0.15) is 0 Å². The molecule has 0 saturated heterocycles. The zero-order valence-electron chi connectivity index (χ0n) is 10.9. The zero-order valence-corrected chi connectivity index (χ0v) is 13.3. The van der Waals surface area contributed by atoms with Crippen LogP contribution in [0.4, 0.5) is 15.8 Å². The number of halogens is 2. The molecule has 2 aromatic rings. The summed E-state index contributed by atoms with van der Waals surface area (Å²) < 4.78 is 46.1. The minimum atomic E-state index is -4.02. The van der Waals surface area contributed by atoms with Gasteiger partial charge in [-0.3, -0.25) is 4.72 Å². The van der Waals surface area contributed by atoms with E-state index >= 15 is 0 Å². The first-order valence-corrected chi connectivity index (χ1v) is 8.02. The Labute approximate surface area is 130 Å². The number of sulfonamides is 1. The number of ether oxygens (including phenoxy) is 1. The molecule has 0 unspecified atom stereocenters. The average molecular weight is 375 g/mol. The summed E-state index contributed by atoms with van der Waals surface area (Å²) in [6.45, 7) is 0. The summed E-state index contributed by atoms with van der Waals surface area (Å²) in [5, 5.41) is 0. The maximum Gasteiger partial charge on any atom is 0.265 e. The monoisotopic (exact) mass is 374 g/mol. The molecule has 0 bridgehead atoms. The van der Waals surface area contributed by atoms with Crippen LogP contribution in [-0.2, 0) is 10.0 Å². The Balaban J connectivity index is 2.45. The fourth-order valence-electron chi connectivity index (χ4n) is 1.68. The lowest BCUT2D eigenvalue weighted by Gasteiger charge is -2.12. The van der Waals surface area contributed by atoms with Gasteiger partial charge in [-0.1, -0.05) is 15.9 Å². The largest absolute Gasteiger partial charge is 0.495 e. The Hall–Kier alpha value is -1.80. The van der Waals surface area contributed by atoms with E-state index in [9.17, 15) is 12.8 Å². The van der Waals surface area contributed by atoms with Crippen LogP contribution in [0, 0.1) is 5.82 Å². The first-order valence-electron chi connectivity index (χ1n) is 5.75. The molecule has 0 aliphatic rings. The molecule has 0 heterocycles. The van der Waals surface area contributed by atoms with E-state index in [0.29, 0.717) is 4.47 Å². The van der Waals surface area contributed by atoms with Gasteiger partial charge < -0.3 is 10.5 Å². The quantitative estimate of drug-likeness (QED) is 0.806. The summed E-state index contributed by atoms with van der Waals surface area (Å²) in [4.78, 5) is -0.160. The molecule has 0 aliphatic heterocycles. The molecule has 5 nitrogen and oxygen atoms in total. The minimum Gasteiger partial charge on any atom is -0.495 e. The molecule has 0 fully saturated rings. The maximum absolute atomic E-state index is 13.7. The van der Waals surface area contributed by atoms with Gasteiger partial charge in [0.15, 0.2) is 0 Å². The number of nitrogens with two attached hydrogens (primary N) is 1. The third-order valence-corrected chi connectivity index (χ3v) is 4.53. The molecular weight excluding hydrogens is 363 g/mol. The van der Waals surface area contributed by atoms with Gasteiger partial charge in [0.05, 0.1) is 12.8 Å². The molecule has 0 atom stereocenters. The van der Waals surface area contributed by atoms with Crippen molar-refractivity contribution in [1.82, 2.24) is 0 Å². The van der Waals surface area contributed by atoms with E-state index in [-0.39, 0.29) is 22.0 Å². The number of benzene rings is 2. The number of nitrogens with one attached hydrogen (secondary N) is 1. The third kappa shape index (κ3) is 3.45. The maximum atomic E-state index is 13.7. The molecule has 0 aliphatic carbocycles. The highest BCUT2D eigenvalue weighted by atomic mass is 79.9. The predicted molar refractivity (Wildman–Crippen MR) is 82.3 cm³/mol. The predicted octanol–water partition coefficient (Wildman–Crippen LogP) is 2.98. The Bertz CT molecular complexity index is 781. The Morgan fingerprint density at radius 2 is 1.95 bits per heavy atom. The summed E-state index contributed by atoms with van der Waals surface area (Å²) in [6, 6.07) is 8.19. The van der Waals surface area contributed by atoms with Gasteiger partial charge in [-0.05, 0) is 36.4 Å². The molecule has 3 N–H and O–H groups in total. The molecule has 0 radical (unpaired) electrons. The standard InChI is InChI=1S/C13H12BrFN2O3S/c1-20-12-5-3-9(16)7-13(12)21(18,19)17-11-4-2-8(14)6-10(11)15/h2-7,17H,16H2,1H3. The topological polar surface area (TPSA) is 81.4 Å². The number of methoxy groups -OCH3 is 1. The molecule has 0 spiro atoms. The second kappa shape index (κ2) is 5.90. The van der Waals surface area contributed by atoms with E-state index in [0.717, 1.165) is 6.07 Å². The highest BCUT2D eigenvalue weighted by Gasteiger charge is 2.21. The fraction of sp³-hybridized carbons (Fsp3) is 0.0769. The van der Waals surface area contributed by atoms with Crippen LogP contribution in [0.2, 0.25) is 0 Å². The molecule has 21 heavy (non-hydrogen) atoms. The molecular formula is C13H12BrFN2O3S. The van der Waals surface area contributed by atoms with E-state index in [1.54, 1.807) is 0 Å². The van der Waals surface area contributed by atoms with Gasteiger partial charge in [0.25, 0.3) is 10.0 Å². The lowest BCUT2D eigenvalue weighted by Crippen LogP contribution is -2.15. The average Bonchev–Trinajstić information content (AvgIpc) is 2.42. The second-order valence-corrected chi connectivity index (χ2v) is 6.71. The van der Waals surface area contributed by atoms with Gasteiger partial charge in [-0.2, -0.15) is 0 Å². The Morgan fingerprint density at radius 3 is 2.57 bits per heavy atom. The van der Waals surface area contributed by atoms with Crippen molar-refractivity contribution in [3.05, 3.63) is 46.7 Å². The molecule has 0 saturated carbocycles. The Morgan fingerprint density at radius 1 is 1.24 bits per heavy atom.